The molecule has 2 aromatic rings. The smallest absolute Gasteiger partial charge is 0.127 e. The number of nitrogens with one attached hydrogen (secondary N) is 1. The summed E-state index contributed by atoms with van der Waals surface area (Å²) in [6, 6.07) is 2.50. The summed E-state index contributed by atoms with van der Waals surface area (Å²) in [5.41, 5.74) is 2.36. The van der Waals surface area contributed by atoms with Gasteiger partial charge < -0.3 is 9.73 Å². The molecule has 0 unspecified atom stereocenters. The number of hydrogen-bond donors (Lipinski definition) is 1. The lowest BCUT2D eigenvalue weighted by atomic mass is 10.2. The Labute approximate surface area is 119 Å². The van der Waals surface area contributed by atoms with Gasteiger partial charge in [0.1, 0.15) is 10.8 Å². The van der Waals surface area contributed by atoms with E-state index in [9.17, 15) is 0 Å². The Balaban J connectivity index is 2.26. The third-order valence-corrected chi connectivity index (χ3v) is 4.16. The maximum absolute atomic E-state index is 5.38. The van der Waals surface area contributed by atoms with Crippen molar-refractivity contribution in [3.8, 4) is 10.6 Å². The predicted molar refractivity (Wildman–Crippen MR) is 80.5 cm³/mol. The van der Waals surface area contributed by atoms with Gasteiger partial charge >= 0.3 is 0 Å². The Morgan fingerprint density at radius 3 is 2.79 bits per heavy atom. The maximum Gasteiger partial charge on any atom is 0.127 e. The van der Waals surface area contributed by atoms with Crippen LogP contribution in [0.4, 0.5) is 0 Å². The zero-order valence-corrected chi connectivity index (χ0v) is 12.9. The van der Waals surface area contributed by atoms with Gasteiger partial charge in [0, 0.05) is 17.5 Å². The van der Waals surface area contributed by atoms with Crippen molar-refractivity contribution in [1.82, 2.24) is 10.3 Å². The van der Waals surface area contributed by atoms with E-state index in [1.807, 2.05) is 13.0 Å². The number of rotatable bonds is 6. The second-order valence-corrected chi connectivity index (χ2v) is 6.15. The SMILES string of the molecule is CCCc1nc(-c2ccoc2C)sc1CNC(C)C. The molecule has 2 rings (SSSR count). The van der Waals surface area contributed by atoms with Crippen molar-refractivity contribution in [2.45, 2.75) is 53.1 Å². The van der Waals surface area contributed by atoms with Crippen molar-refractivity contribution in [3.63, 3.8) is 0 Å². The highest BCUT2D eigenvalue weighted by atomic mass is 32.1. The third kappa shape index (κ3) is 3.45. The highest BCUT2D eigenvalue weighted by Gasteiger charge is 2.14. The van der Waals surface area contributed by atoms with Crippen LogP contribution >= 0.6 is 11.3 Å². The van der Waals surface area contributed by atoms with Gasteiger partial charge in [-0.3, -0.25) is 0 Å². The van der Waals surface area contributed by atoms with Gasteiger partial charge in [-0.15, -0.1) is 11.3 Å². The van der Waals surface area contributed by atoms with Crippen LogP contribution in [0.25, 0.3) is 10.6 Å². The van der Waals surface area contributed by atoms with Crippen molar-refractivity contribution in [2.24, 2.45) is 0 Å². The van der Waals surface area contributed by atoms with Crippen LogP contribution in [0.5, 0.6) is 0 Å². The second kappa shape index (κ2) is 6.35. The molecule has 0 aliphatic heterocycles. The van der Waals surface area contributed by atoms with Crippen LogP contribution < -0.4 is 5.32 Å². The molecule has 0 aromatic carbocycles. The number of thiazole rings is 1. The predicted octanol–water partition coefficient (Wildman–Crippen LogP) is 4.16. The number of aromatic nitrogens is 1. The van der Waals surface area contributed by atoms with E-state index in [1.54, 1.807) is 17.6 Å². The summed E-state index contributed by atoms with van der Waals surface area (Å²) in [6.45, 7) is 9.43. The van der Waals surface area contributed by atoms with E-state index in [0.717, 1.165) is 35.7 Å². The molecule has 2 aromatic heterocycles. The minimum absolute atomic E-state index is 0.496. The Morgan fingerprint density at radius 1 is 1.42 bits per heavy atom. The van der Waals surface area contributed by atoms with Gasteiger partial charge in [0.15, 0.2) is 0 Å². The largest absolute Gasteiger partial charge is 0.469 e. The third-order valence-electron chi connectivity index (χ3n) is 3.03. The van der Waals surface area contributed by atoms with Crippen LogP contribution in [-0.2, 0) is 13.0 Å². The first kappa shape index (κ1) is 14.3. The molecule has 0 amide bonds. The van der Waals surface area contributed by atoms with Crippen LogP contribution in [0.2, 0.25) is 0 Å². The minimum Gasteiger partial charge on any atom is -0.469 e. The maximum atomic E-state index is 5.38. The number of nitrogens with zero attached hydrogens (tertiary/aromatic N) is 1. The first-order valence-electron chi connectivity index (χ1n) is 6.88. The molecule has 0 spiro atoms. The Hall–Kier alpha value is -1.13. The first-order chi connectivity index (χ1) is 9.11. The molecule has 2 heterocycles. The van der Waals surface area contributed by atoms with Crippen molar-refractivity contribution in [3.05, 3.63) is 28.7 Å². The van der Waals surface area contributed by atoms with E-state index in [0.29, 0.717) is 6.04 Å². The van der Waals surface area contributed by atoms with Crippen molar-refractivity contribution >= 4 is 11.3 Å². The summed E-state index contributed by atoms with van der Waals surface area (Å²) in [5, 5.41) is 4.56. The summed E-state index contributed by atoms with van der Waals surface area (Å²) in [6.07, 6.45) is 3.91. The van der Waals surface area contributed by atoms with Gasteiger partial charge in [-0.05, 0) is 19.4 Å². The molecule has 0 saturated carbocycles. The monoisotopic (exact) mass is 278 g/mol. The van der Waals surface area contributed by atoms with E-state index in [1.165, 1.54) is 10.6 Å². The van der Waals surface area contributed by atoms with Crippen LogP contribution in [0.3, 0.4) is 0 Å². The average molecular weight is 278 g/mol. The van der Waals surface area contributed by atoms with E-state index >= 15 is 0 Å². The quantitative estimate of drug-likeness (QED) is 0.862. The Kier molecular flexibility index (Phi) is 4.77. The molecular weight excluding hydrogens is 256 g/mol. The van der Waals surface area contributed by atoms with Gasteiger partial charge in [0.25, 0.3) is 0 Å². The molecule has 104 valence electrons. The van der Waals surface area contributed by atoms with Crippen LogP contribution in [0.1, 0.15) is 43.5 Å². The number of aryl methyl sites for hydroxylation is 2. The fraction of sp³-hybridized carbons (Fsp3) is 0.533. The van der Waals surface area contributed by atoms with Crippen LogP contribution in [0.15, 0.2) is 16.7 Å². The fourth-order valence-electron chi connectivity index (χ4n) is 1.97. The summed E-state index contributed by atoms with van der Waals surface area (Å²) in [7, 11) is 0. The van der Waals surface area contributed by atoms with Gasteiger partial charge in [0.2, 0.25) is 0 Å². The topological polar surface area (TPSA) is 38.1 Å². The molecule has 0 radical (unpaired) electrons. The van der Waals surface area contributed by atoms with E-state index in [-0.39, 0.29) is 0 Å². The van der Waals surface area contributed by atoms with Crippen LogP contribution in [0, 0.1) is 6.92 Å². The summed E-state index contributed by atoms with van der Waals surface area (Å²) in [4.78, 5) is 6.15. The number of hydrogen-bond acceptors (Lipinski definition) is 4. The van der Waals surface area contributed by atoms with Gasteiger partial charge in [-0.1, -0.05) is 27.2 Å². The lowest BCUT2D eigenvalue weighted by Gasteiger charge is -2.07. The molecule has 0 atom stereocenters. The van der Waals surface area contributed by atoms with Crippen molar-refractivity contribution in [2.75, 3.05) is 0 Å². The van der Waals surface area contributed by atoms with Gasteiger partial charge in [-0.25, -0.2) is 4.98 Å². The highest BCUT2D eigenvalue weighted by molar-refractivity contribution is 7.15. The zero-order valence-electron chi connectivity index (χ0n) is 12.1. The minimum atomic E-state index is 0.496. The zero-order chi connectivity index (χ0) is 13.8. The standard InChI is InChI=1S/C15H22N2OS/c1-5-6-13-14(9-16-10(2)3)19-15(17-13)12-7-8-18-11(12)4/h7-8,10,16H,5-6,9H2,1-4H3. The summed E-state index contributed by atoms with van der Waals surface area (Å²) >= 11 is 1.78. The van der Waals surface area contributed by atoms with E-state index < -0.39 is 0 Å². The lowest BCUT2D eigenvalue weighted by Crippen LogP contribution is -2.21. The molecule has 0 bridgehead atoms. The Bertz CT molecular complexity index is 528. The molecule has 19 heavy (non-hydrogen) atoms. The molecule has 0 fully saturated rings. The summed E-state index contributed by atoms with van der Waals surface area (Å²) in [5.74, 6) is 0.945. The molecule has 0 aliphatic carbocycles. The normalized spacial score (nSPS) is 11.4. The Morgan fingerprint density at radius 2 is 2.21 bits per heavy atom. The summed E-state index contributed by atoms with van der Waals surface area (Å²) < 4.78 is 5.38. The fourth-order valence-corrected chi connectivity index (χ4v) is 3.10. The lowest BCUT2D eigenvalue weighted by molar-refractivity contribution is 0.535. The van der Waals surface area contributed by atoms with Gasteiger partial charge in [0.05, 0.1) is 17.5 Å². The van der Waals surface area contributed by atoms with Crippen LogP contribution in [-0.4, -0.2) is 11.0 Å². The first-order valence-corrected chi connectivity index (χ1v) is 7.69. The highest BCUT2D eigenvalue weighted by Crippen LogP contribution is 2.31. The number of furan rings is 1. The average Bonchev–Trinajstić information content (AvgIpc) is 2.93. The van der Waals surface area contributed by atoms with E-state index in [4.69, 9.17) is 9.40 Å². The van der Waals surface area contributed by atoms with Gasteiger partial charge in [-0.2, -0.15) is 0 Å². The van der Waals surface area contributed by atoms with Crippen molar-refractivity contribution < 1.29 is 4.42 Å². The molecule has 4 heteroatoms. The molecule has 0 aliphatic rings. The molecule has 1 N–H and O–H groups in total. The molecule has 3 nitrogen and oxygen atoms in total. The van der Waals surface area contributed by atoms with E-state index in [2.05, 4.69) is 26.1 Å². The second-order valence-electron chi connectivity index (χ2n) is 5.06. The molecular formula is C15H22N2OS. The molecule has 0 saturated heterocycles. The van der Waals surface area contributed by atoms with Crippen molar-refractivity contribution in [1.29, 1.82) is 0 Å².